The maximum Gasteiger partial charge on any atom is 0.199 e. The van der Waals surface area contributed by atoms with E-state index in [2.05, 4.69) is 15.9 Å². The van der Waals surface area contributed by atoms with E-state index >= 15 is 0 Å². The lowest BCUT2D eigenvalue weighted by atomic mass is 10.0. The molecule has 0 atom stereocenters. The molecule has 5 heteroatoms. The van der Waals surface area contributed by atoms with Gasteiger partial charge in [-0.3, -0.25) is 4.79 Å². The topological polar surface area (TPSA) is 26.3 Å². The van der Waals surface area contributed by atoms with Crippen LogP contribution in [0, 0.1) is 11.6 Å². The highest BCUT2D eigenvalue weighted by Crippen LogP contribution is 2.23. The standard InChI is InChI=1S/C14H9BrF2O2/c1-19-10-4-2-3-8(5-10)14(18)13-11(16)6-9(15)7-12(13)17/h2-7H,1H3. The first-order valence-electron chi connectivity index (χ1n) is 5.36. The number of rotatable bonds is 3. The third kappa shape index (κ3) is 2.81. The summed E-state index contributed by atoms with van der Waals surface area (Å²) in [6.07, 6.45) is 0. The first kappa shape index (κ1) is 13.7. The minimum Gasteiger partial charge on any atom is -0.497 e. The van der Waals surface area contributed by atoms with Crippen LogP contribution in [0.4, 0.5) is 8.78 Å². The van der Waals surface area contributed by atoms with E-state index < -0.39 is 23.0 Å². The number of hydrogen-bond donors (Lipinski definition) is 0. The zero-order valence-electron chi connectivity index (χ0n) is 9.91. The summed E-state index contributed by atoms with van der Waals surface area (Å²) in [4.78, 5) is 12.1. The molecule has 0 spiro atoms. The monoisotopic (exact) mass is 326 g/mol. The van der Waals surface area contributed by atoms with E-state index in [-0.39, 0.29) is 10.0 Å². The summed E-state index contributed by atoms with van der Waals surface area (Å²) in [6.45, 7) is 0. The lowest BCUT2D eigenvalue weighted by Crippen LogP contribution is -2.07. The van der Waals surface area contributed by atoms with Gasteiger partial charge in [0.25, 0.3) is 0 Å². The van der Waals surface area contributed by atoms with E-state index in [1.165, 1.54) is 19.2 Å². The van der Waals surface area contributed by atoms with Crippen LogP contribution >= 0.6 is 15.9 Å². The average Bonchev–Trinajstić information content (AvgIpc) is 2.37. The predicted molar refractivity (Wildman–Crippen MR) is 70.5 cm³/mol. The van der Waals surface area contributed by atoms with Gasteiger partial charge < -0.3 is 4.74 Å². The molecule has 0 saturated heterocycles. The van der Waals surface area contributed by atoms with Gasteiger partial charge in [-0.15, -0.1) is 0 Å². The lowest BCUT2D eigenvalue weighted by Gasteiger charge is -2.06. The van der Waals surface area contributed by atoms with Crippen molar-refractivity contribution >= 4 is 21.7 Å². The summed E-state index contributed by atoms with van der Waals surface area (Å²) in [5, 5.41) is 0. The summed E-state index contributed by atoms with van der Waals surface area (Å²) >= 11 is 2.96. The van der Waals surface area contributed by atoms with Gasteiger partial charge in [-0.2, -0.15) is 0 Å². The highest BCUT2D eigenvalue weighted by molar-refractivity contribution is 9.10. The van der Waals surface area contributed by atoms with Crippen molar-refractivity contribution in [3.05, 3.63) is 63.6 Å². The summed E-state index contributed by atoms with van der Waals surface area (Å²) < 4.78 is 32.6. The fourth-order valence-electron chi connectivity index (χ4n) is 1.67. The van der Waals surface area contributed by atoms with Crippen molar-refractivity contribution in [2.24, 2.45) is 0 Å². The van der Waals surface area contributed by atoms with Crippen molar-refractivity contribution in [3.63, 3.8) is 0 Å². The maximum atomic E-state index is 13.7. The van der Waals surface area contributed by atoms with Crippen LogP contribution in [0.2, 0.25) is 0 Å². The molecule has 0 heterocycles. The van der Waals surface area contributed by atoms with Gasteiger partial charge in [-0.25, -0.2) is 8.78 Å². The zero-order valence-corrected chi connectivity index (χ0v) is 11.5. The molecule has 19 heavy (non-hydrogen) atoms. The molecule has 2 nitrogen and oxygen atoms in total. The summed E-state index contributed by atoms with van der Waals surface area (Å²) in [6, 6.07) is 8.24. The van der Waals surface area contributed by atoms with E-state index in [4.69, 9.17) is 4.74 Å². The van der Waals surface area contributed by atoms with Gasteiger partial charge in [-0.05, 0) is 24.3 Å². The van der Waals surface area contributed by atoms with Crippen LogP contribution in [0.5, 0.6) is 5.75 Å². The van der Waals surface area contributed by atoms with Crippen LogP contribution < -0.4 is 4.74 Å². The van der Waals surface area contributed by atoms with Crippen LogP contribution in [0.25, 0.3) is 0 Å². The Labute approximate surface area is 117 Å². The summed E-state index contributed by atoms with van der Waals surface area (Å²) in [7, 11) is 1.45. The molecule has 0 N–H and O–H groups in total. The Morgan fingerprint density at radius 2 is 1.79 bits per heavy atom. The summed E-state index contributed by atoms with van der Waals surface area (Å²) in [5.74, 6) is -2.08. The number of halogens is 3. The van der Waals surface area contributed by atoms with Crippen LogP contribution in [-0.2, 0) is 0 Å². The van der Waals surface area contributed by atoms with Crippen molar-refractivity contribution < 1.29 is 18.3 Å². The van der Waals surface area contributed by atoms with Gasteiger partial charge >= 0.3 is 0 Å². The molecule has 0 amide bonds. The van der Waals surface area contributed by atoms with Gasteiger partial charge in [0.05, 0.1) is 12.7 Å². The van der Waals surface area contributed by atoms with Crippen molar-refractivity contribution in [2.75, 3.05) is 7.11 Å². The van der Waals surface area contributed by atoms with Crippen molar-refractivity contribution in [3.8, 4) is 5.75 Å². The minimum absolute atomic E-state index is 0.166. The van der Waals surface area contributed by atoms with Gasteiger partial charge in [0.2, 0.25) is 0 Å². The molecule has 2 rings (SSSR count). The van der Waals surface area contributed by atoms with Crippen molar-refractivity contribution in [1.29, 1.82) is 0 Å². The Kier molecular flexibility index (Phi) is 3.95. The van der Waals surface area contributed by atoms with Crippen LogP contribution in [0.15, 0.2) is 40.9 Å². The van der Waals surface area contributed by atoms with E-state index in [0.29, 0.717) is 5.75 Å². The third-order valence-electron chi connectivity index (χ3n) is 2.57. The zero-order chi connectivity index (χ0) is 14.0. The van der Waals surface area contributed by atoms with Gasteiger partial charge in [0, 0.05) is 10.0 Å². The van der Waals surface area contributed by atoms with Crippen molar-refractivity contribution in [2.45, 2.75) is 0 Å². The van der Waals surface area contributed by atoms with E-state index in [1.54, 1.807) is 12.1 Å². The normalized spacial score (nSPS) is 10.3. The van der Waals surface area contributed by atoms with Crippen molar-refractivity contribution in [1.82, 2.24) is 0 Å². The number of ketones is 1. The van der Waals surface area contributed by atoms with Crippen LogP contribution in [0.1, 0.15) is 15.9 Å². The number of hydrogen-bond acceptors (Lipinski definition) is 2. The van der Waals surface area contributed by atoms with Crippen LogP contribution in [0.3, 0.4) is 0 Å². The SMILES string of the molecule is COc1cccc(C(=O)c2c(F)cc(Br)cc2F)c1. The Morgan fingerprint density at radius 3 is 2.37 bits per heavy atom. The number of carbonyl (C=O) groups excluding carboxylic acids is 1. The second kappa shape index (κ2) is 5.48. The minimum atomic E-state index is -0.903. The quantitative estimate of drug-likeness (QED) is 0.798. The molecule has 0 aliphatic carbocycles. The Morgan fingerprint density at radius 1 is 1.16 bits per heavy atom. The average molecular weight is 327 g/mol. The Balaban J connectivity index is 2.50. The molecular weight excluding hydrogens is 318 g/mol. The molecule has 0 saturated carbocycles. The molecule has 0 radical (unpaired) electrons. The third-order valence-corrected chi connectivity index (χ3v) is 3.02. The molecule has 2 aromatic carbocycles. The number of methoxy groups -OCH3 is 1. The highest BCUT2D eigenvalue weighted by Gasteiger charge is 2.20. The molecule has 0 aliphatic rings. The second-order valence-electron chi connectivity index (χ2n) is 3.81. The number of ether oxygens (including phenoxy) is 1. The Bertz CT molecular complexity index is 618. The molecule has 98 valence electrons. The van der Waals surface area contributed by atoms with E-state index in [0.717, 1.165) is 12.1 Å². The number of carbonyl (C=O) groups is 1. The van der Waals surface area contributed by atoms with Gasteiger partial charge in [0.1, 0.15) is 17.4 Å². The smallest absolute Gasteiger partial charge is 0.199 e. The molecule has 0 bridgehead atoms. The van der Waals surface area contributed by atoms with Gasteiger partial charge in [0.15, 0.2) is 5.78 Å². The number of benzene rings is 2. The first-order chi connectivity index (χ1) is 9.02. The Hall–Kier alpha value is -1.75. The second-order valence-corrected chi connectivity index (χ2v) is 4.72. The molecule has 2 aromatic rings. The first-order valence-corrected chi connectivity index (χ1v) is 6.15. The van der Waals surface area contributed by atoms with Gasteiger partial charge in [-0.1, -0.05) is 28.1 Å². The maximum absolute atomic E-state index is 13.7. The molecule has 0 aliphatic heterocycles. The summed E-state index contributed by atoms with van der Waals surface area (Å²) in [5.41, 5.74) is -0.407. The highest BCUT2D eigenvalue weighted by atomic mass is 79.9. The largest absolute Gasteiger partial charge is 0.497 e. The fraction of sp³-hybridized carbons (Fsp3) is 0.0714. The van der Waals surface area contributed by atoms with E-state index in [1.807, 2.05) is 0 Å². The molecule has 0 aromatic heterocycles. The molecule has 0 unspecified atom stereocenters. The lowest BCUT2D eigenvalue weighted by molar-refractivity contribution is 0.103. The van der Waals surface area contributed by atoms with Crippen LogP contribution in [-0.4, -0.2) is 12.9 Å². The molecular formula is C14H9BrF2O2. The van der Waals surface area contributed by atoms with E-state index in [9.17, 15) is 13.6 Å². The fourth-order valence-corrected chi connectivity index (χ4v) is 2.07. The predicted octanol–water partition coefficient (Wildman–Crippen LogP) is 3.97. The molecule has 0 fully saturated rings.